The van der Waals surface area contributed by atoms with Gasteiger partial charge in [0.2, 0.25) is 0 Å². The molecule has 1 N–H and O–H groups in total. The number of para-hydroxylation sites is 1. The lowest BCUT2D eigenvalue weighted by Crippen LogP contribution is -2.39. The fourth-order valence-corrected chi connectivity index (χ4v) is 5.12. The van der Waals surface area contributed by atoms with Crippen molar-refractivity contribution < 1.29 is 35.9 Å². The van der Waals surface area contributed by atoms with Gasteiger partial charge in [0, 0.05) is 5.56 Å². The summed E-state index contributed by atoms with van der Waals surface area (Å²) in [6.07, 6.45) is -3.56. The van der Waals surface area contributed by atoms with Crippen molar-refractivity contribution in [3.05, 3.63) is 82.9 Å². The lowest BCUT2D eigenvalue weighted by molar-refractivity contribution is -0.137. The fraction of sp³-hybridized carbons (Fsp3) is 0.167. The van der Waals surface area contributed by atoms with Crippen LogP contribution in [0.1, 0.15) is 11.1 Å². The number of halogens is 4. The number of fused-ring (bicyclic) bond motifs is 1. The minimum Gasteiger partial charge on any atom is -0.486 e. The second kappa shape index (κ2) is 10.7. The molecule has 1 heterocycles. The topological polar surface area (TPSA) is 97.3 Å². The molecule has 4 rings (SSSR count). The monoisotopic (exact) mass is 553 g/mol. The molecule has 3 aromatic carbocycles. The van der Waals surface area contributed by atoms with Gasteiger partial charge in [-0.25, -0.2) is 13.8 Å². The molecule has 8 nitrogen and oxygen atoms in total. The normalized spacial score (nSPS) is 13.4. The predicted molar refractivity (Wildman–Crippen MR) is 131 cm³/mol. The zero-order valence-electron chi connectivity index (χ0n) is 18.9. The van der Waals surface area contributed by atoms with Gasteiger partial charge in [0.1, 0.15) is 19.8 Å². The van der Waals surface area contributed by atoms with E-state index in [1.165, 1.54) is 30.5 Å². The lowest BCUT2D eigenvalue weighted by Gasteiger charge is -2.24. The van der Waals surface area contributed by atoms with Crippen molar-refractivity contribution in [1.82, 2.24) is 5.43 Å². The van der Waals surface area contributed by atoms with Crippen LogP contribution in [0.2, 0.25) is 5.02 Å². The first-order chi connectivity index (χ1) is 17.6. The van der Waals surface area contributed by atoms with E-state index >= 15 is 0 Å². The molecule has 37 heavy (non-hydrogen) atoms. The van der Waals surface area contributed by atoms with Crippen LogP contribution < -0.4 is 19.2 Å². The van der Waals surface area contributed by atoms with Gasteiger partial charge >= 0.3 is 6.18 Å². The van der Waals surface area contributed by atoms with Gasteiger partial charge in [0.25, 0.3) is 15.9 Å². The first-order valence-electron chi connectivity index (χ1n) is 10.7. The number of nitrogens with one attached hydrogen (secondary N) is 1. The van der Waals surface area contributed by atoms with Crippen LogP contribution in [0.4, 0.5) is 18.9 Å². The average Bonchev–Trinajstić information content (AvgIpc) is 2.87. The zero-order chi connectivity index (χ0) is 26.6. The van der Waals surface area contributed by atoms with Gasteiger partial charge in [0.15, 0.2) is 11.5 Å². The highest BCUT2D eigenvalue weighted by Gasteiger charge is 2.35. The Kier molecular flexibility index (Phi) is 7.60. The highest BCUT2D eigenvalue weighted by atomic mass is 35.5. The molecule has 0 saturated carbocycles. The molecule has 1 aliphatic rings. The molecular weight excluding hydrogens is 535 g/mol. The molecule has 1 amide bonds. The first-order valence-corrected chi connectivity index (χ1v) is 12.5. The molecule has 0 aromatic heterocycles. The van der Waals surface area contributed by atoms with E-state index in [1.54, 1.807) is 24.3 Å². The summed E-state index contributed by atoms with van der Waals surface area (Å²) < 4.78 is 78.6. The van der Waals surface area contributed by atoms with Gasteiger partial charge in [-0.05, 0) is 42.5 Å². The second-order valence-electron chi connectivity index (χ2n) is 7.65. The van der Waals surface area contributed by atoms with E-state index in [2.05, 4.69) is 10.5 Å². The molecule has 194 valence electrons. The number of ether oxygens (including phenoxy) is 2. The summed E-state index contributed by atoms with van der Waals surface area (Å²) in [7, 11) is -4.44. The molecule has 0 radical (unpaired) electrons. The quantitative estimate of drug-likeness (QED) is 0.344. The zero-order valence-corrected chi connectivity index (χ0v) is 20.5. The summed E-state index contributed by atoms with van der Waals surface area (Å²) in [4.78, 5) is 12.5. The molecule has 0 fully saturated rings. The Hall–Kier alpha value is -3.77. The van der Waals surface area contributed by atoms with Crippen LogP contribution in [0.25, 0.3) is 0 Å². The van der Waals surface area contributed by atoms with Crippen LogP contribution in [0.15, 0.2) is 76.7 Å². The smallest absolute Gasteiger partial charge is 0.417 e. The minimum atomic E-state index is -4.84. The number of hydrazone groups is 1. The Morgan fingerprint density at radius 1 is 1.05 bits per heavy atom. The fourth-order valence-electron chi connectivity index (χ4n) is 3.46. The van der Waals surface area contributed by atoms with Crippen molar-refractivity contribution in [2.75, 3.05) is 24.1 Å². The van der Waals surface area contributed by atoms with Crippen molar-refractivity contribution in [2.24, 2.45) is 5.10 Å². The lowest BCUT2D eigenvalue weighted by atomic mass is 10.2. The van der Waals surface area contributed by atoms with Gasteiger partial charge < -0.3 is 9.47 Å². The standard InChI is InChI=1S/C24H19ClF3N3O5S/c25-20-10-9-17(13-19(20)24(26,27)28)31(37(33,34)18-6-2-1-3-7-18)15-22(32)30-29-14-16-5-4-8-21-23(16)36-12-11-35-21/h1-10,13-14H,11-12,15H2,(H,30,32)/b29-14-. The SMILES string of the molecule is O=C(CN(c1ccc(Cl)c(C(F)(F)F)c1)S(=O)(=O)c1ccccc1)N/N=C\c1cccc2c1OCCO2. The Morgan fingerprint density at radius 3 is 2.51 bits per heavy atom. The number of carbonyl (C=O) groups is 1. The van der Waals surface area contributed by atoms with E-state index in [1.807, 2.05) is 0 Å². The van der Waals surface area contributed by atoms with Crippen molar-refractivity contribution >= 4 is 39.4 Å². The molecule has 0 atom stereocenters. The Morgan fingerprint density at radius 2 is 1.78 bits per heavy atom. The summed E-state index contributed by atoms with van der Waals surface area (Å²) in [5, 5.41) is 3.23. The number of carbonyl (C=O) groups excluding carboxylic acids is 1. The molecule has 0 saturated heterocycles. The number of hydrogen-bond acceptors (Lipinski definition) is 6. The van der Waals surface area contributed by atoms with Crippen molar-refractivity contribution in [3.8, 4) is 11.5 Å². The van der Waals surface area contributed by atoms with Gasteiger partial charge in [-0.3, -0.25) is 9.10 Å². The summed E-state index contributed by atoms with van der Waals surface area (Å²) in [6.45, 7) is -0.145. The van der Waals surface area contributed by atoms with Crippen LogP contribution in [-0.4, -0.2) is 40.3 Å². The Balaban J connectivity index is 1.62. The molecule has 0 unspecified atom stereocenters. The molecule has 3 aromatic rings. The Bertz CT molecular complexity index is 1430. The van der Waals surface area contributed by atoms with E-state index in [-0.39, 0.29) is 4.90 Å². The van der Waals surface area contributed by atoms with Gasteiger partial charge in [-0.15, -0.1) is 0 Å². The summed E-state index contributed by atoms with van der Waals surface area (Å²) >= 11 is 5.69. The predicted octanol–water partition coefficient (Wildman–Crippen LogP) is 4.48. The van der Waals surface area contributed by atoms with Gasteiger partial charge in [0.05, 0.1) is 27.4 Å². The van der Waals surface area contributed by atoms with Gasteiger partial charge in [-0.2, -0.15) is 18.3 Å². The maximum Gasteiger partial charge on any atom is 0.417 e. The van der Waals surface area contributed by atoms with E-state index in [0.29, 0.717) is 40.6 Å². The van der Waals surface area contributed by atoms with E-state index in [0.717, 1.165) is 12.1 Å². The Labute approximate surface area is 215 Å². The molecular formula is C24H19ClF3N3O5S. The third kappa shape index (κ3) is 5.97. The summed E-state index contributed by atoms with van der Waals surface area (Å²) in [5.74, 6) is 0.0342. The largest absolute Gasteiger partial charge is 0.486 e. The second-order valence-corrected chi connectivity index (χ2v) is 9.92. The summed E-state index contributed by atoms with van der Waals surface area (Å²) in [6, 6.07) is 14.7. The molecule has 0 aliphatic carbocycles. The van der Waals surface area contributed by atoms with Crippen LogP contribution in [-0.2, 0) is 21.0 Å². The third-order valence-corrected chi connectivity index (χ3v) is 7.27. The number of hydrogen-bond donors (Lipinski definition) is 1. The number of benzene rings is 3. The van der Waals surface area contributed by atoms with Crippen molar-refractivity contribution in [3.63, 3.8) is 0 Å². The molecule has 0 spiro atoms. The number of anilines is 1. The van der Waals surface area contributed by atoms with Gasteiger partial charge in [-0.1, -0.05) is 35.9 Å². The average molecular weight is 554 g/mol. The number of amides is 1. The number of rotatable bonds is 7. The maximum atomic E-state index is 13.5. The van der Waals surface area contributed by atoms with Crippen LogP contribution in [0, 0.1) is 0 Å². The van der Waals surface area contributed by atoms with Crippen LogP contribution >= 0.6 is 11.6 Å². The highest BCUT2D eigenvalue weighted by molar-refractivity contribution is 7.92. The number of nitrogens with zero attached hydrogens (tertiary/aromatic N) is 2. The van der Waals surface area contributed by atoms with E-state index in [9.17, 15) is 26.4 Å². The van der Waals surface area contributed by atoms with Crippen molar-refractivity contribution in [2.45, 2.75) is 11.1 Å². The molecule has 13 heteroatoms. The van der Waals surface area contributed by atoms with Crippen LogP contribution in [0.5, 0.6) is 11.5 Å². The first kappa shape index (κ1) is 26.3. The summed E-state index contributed by atoms with van der Waals surface area (Å²) in [5.41, 5.74) is 1.05. The minimum absolute atomic E-state index is 0.220. The van der Waals surface area contributed by atoms with E-state index < -0.39 is 44.9 Å². The molecule has 1 aliphatic heterocycles. The van der Waals surface area contributed by atoms with Crippen molar-refractivity contribution in [1.29, 1.82) is 0 Å². The maximum absolute atomic E-state index is 13.5. The number of alkyl halides is 3. The molecule has 0 bridgehead atoms. The van der Waals surface area contributed by atoms with E-state index in [4.69, 9.17) is 21.1 Å². The third-order valence-electron chi connectivity index (χ3n) is 5.15. The highest BCUT2D eigenvalue weighted by Crippen LogP contribution is 2.38. The number of sulfonamides is 1. The van der Waals surface area contributed by atoms with Crippen LogP contribution in [0.3, 0.4) is 0 Å².